The Bertz CT molecular complexity index is 581. The predicted molar refractivity (Wildman–Crippen MR) is 69.1 cm³/mol. The molecule has 0 unspecified atom stereocenters. The number of imidazole rings is 1. The average molecular weight is 268 g/mol. The molecule has 0 saturated carbocycles. The van der Waals surface area contributed by atoms with Gasteiger partial charge in [-0.2, -0.15) is 0 Å². The van der Waals surface area contributed by atoms with E-state index in [0.717, 1.165) is 18.2 Å². The Morgan fingerprint density at radius 1 is 1.22 bits per heavy atom. The van der Waals surface area contributed by atoms with Crippen LogP contribution in [-0.2, 0) is 19.4 Å². The molecule has 0 saturated heterocycles. The molecule has 1 aromatic carbocycles. The minimum atomic E-state index is -0.543. The molecule has 2 aromatic rings. The van der Waals surface area contributed by atoms with Gasteiger partial charge in [-0.15, -0.1) is 0 Å². The summed E-state index contributed by atoms with van der Waals surface area (Å²) in [5, 5.41) is 0. The van der Waals surface area contributed by atoms with Crippen LogP contribution in [0.3, 0.4) is 0 Å². The predicted octanol–water partition coefficient (Wildman–Crippen LogP) is 3.63. The number of nitrogens with zero attached hydrogens (tertiary/aromatic N) is 1. The highest BCUT2D eigenvalue weighted by molar-refractivity contribution is 7.71. The lowest BCUT2D eigenvalue weighted by Gasteiger charge is -2.07. The van der Waals surface area contributed by atoms with Crippen molar-refractivity contribution in [2.24, 2.45) is 0 Å². The summed E-state index contributed by atoms with van der Waals surface area (Å²) in [6.45, 7) is 2.66. The Labute approximate surface area is 109 Å². The van der Waals surface area contributed by atoms with Gasteiger partial charge >= 0.3 is 0 Å². The Morgan fingerprint density at radius 3 is 2.50 bits per heavy atom. The van der Waals surface area contributed by atoms with Crippen LogP contribution in [-0.4, -0.2) is 9.55 Å². The maximum atomic E-state index is 13.0. The van der Waals surface area contributed by atoms with E-state index in [1.807, 2.05) is 17.7 Å². The van der Waals surface area contributed by atoms with Crippen molar-refractivity contribution >= 4 is 12.2 Å². The van der Waals surface area contributed by atoms with Crippen molar-refractivity contribution in [2.75, 3.05) is 0 Å². The summed E-state index contributed by atoms with van der Waals surface area (Å²) in [5.74, 6) is -1.09. The zero-order chi connectivity index (χ0) is 13.1. The molecule has 0 aliphatic carbocycles. The fraction of sp³-hybridized carbons (Fsp3) is 0.308. The lowest BCUT2D eigenvalue weighted by molar-refractivity contribution is 0.575. The van der Waals surface area contributed by atoms with Gasteiger partial charge < -0.3 is 9.55 Å². The largest absolute Gasteiger partial charge is 0.337 e. The van der Waals surface area contributed by atoms with Crippen molar-refractivity contribution in [1.29, 1.82) is 0 Å². The maximum Gasteiger partial charge on any atom is 0.177 e. The van der Waals surface area contributed by atoms with Gasteiger partial charge in [0, 0.05) is 24.5 Å². The highest BCUT2D eigenvalue weighted by atomic mass is 32.1. The van der Waals surface area contributed by atoms with Gasteiger partial charge in [0.2, 0.25) is 0 Å². The van der Waals surface area contributed by atoms with Gasteiger partial charge in [-0.1, -0.05) is 6.92 Å². The molecule has 18 heavy (non-hydrogen) atoms. The average Bonchev–Trinajstić information content (AvgIpc) is 2.66. The first kappa shape index (κ1) is 13.0. The van der Waals surface area contributed by atoms with Gasteiger partial charge in [0.05, 0.1) is 0 Å². The standard InChI is InChI=1S/C13H14F2N2S/c1-2-12-8-16-13(18)17(12)4-3-9-5-10(14)7-11(15)6-9/h5-8H,2-4H2,1H3,(H,16,18). The van der Waals surface area contributed by atoms with Crippen molar-refractivity contribution < 1.29 is 8.78 Å². The van der Waals surface area contributed by atoms with Gasteiger partial charge in [-0.25, -0.2) is 8.78 Å². The summed E-state index contributed by atoms with van der Waals surface area (Å²) in [7, 11) is 0. The number of aromatic amines is 1. The fourth-order valence-electron chi connectivity index (χ4n) is 1.97. The van der Waals surface area contributed by atoms with Crippen molar-refractivity contribution in [2.45, 2.75) is 26.3 Å². The normalized spacial score (nSPS) is 10.8. The van der Waals surface area contributed by atoms with Gasteiger partial charge in [0.1, 0.15) is 11.6 Å². The summed E-state index contributed by atoms with van der Waals surface area (Å²) >= 11 is 5.17. The molecule has 1 heterocycles. The first-order valence-electron chi connectivity index (χ1n) is 5.82. The topological polar surface area (TPSA) is 20.7 Å². The van der Waals surface area contributed by atoms with Crippen LogP contribution in [0.2, 0.25) is 0 Å². The van der Waals surface area contributed by atoms with E-state index in [0.29, 0.717) is 23.3 Å². The number of benzene rings is 1. The third kappa shape index (κ3) is 2.85. The molecular formula is C13H14F2N2S. The minimum Gasteiger partial charge on any atom is -0.337 e. The fourth-order valence-corrected chi connectivity index (χ4v) is 2.23. The molecule has 0 radical (unpaired) electrons. The zero-order valence-corrected chi connectivity index (χ0v) is 10.9. The molecule has 5 heteroatoms. The molecule has 1 N–H and O–H groups in total. The molecule has 0 aliphatic rings. The van der Waals surface area contributed by atoms with E-state index in [2.05, 4.69) is 4.98 Å². The van der Waals surface area contributed by atoms with E-state index >= 15 is 0 Å². The number of halogens is 2. The molecule has 1 aromatic heterocycles. The zero-order valence-electron chi connectivity index (χ0n) is 10.0. The number of hydrogen-bond acceptors (Lipinski definition) is 1. The molecule has 0 atom stereocenters. The van der Waals surface area contributed by atoms with E-state index in [1.165, 1.54) is 12.1 Å². The van der Waals surface area contributed by atoms with Crippen LogP contribution in [0, 0.1) is 16.4 Å². The van der Waals surface area contributed by atoms with Crippen LogP contribution in [0.5, 0.6) is 0 Å². The molecular weight excluding hydrogens is 254 g/mol. The van der Waals surface area contributed by atoms with Crippen LogP contribution in [0.15, 0.2) is 24.4 Å². The summed E-state index contributed by atoms with van der Waals surface area (Å²) in [6.07, 6.45) is 3.28. The number of nitrogens with one attached hydrogen (secondary N) is 1. The lowest BCUT2D eigenvalue weighted by atomic mass is 10.1. The molecule has 0 spiro atoms. The first-order valence-corrected chi connectivity index (χ1v) is 6.23. The summed E-state index contributed by atoms with van der Waals surface area (Å²) in [5.41, 5.74) is 1.73. The molecule has 96 valence electrons. The maximum absolute atomic E-state index is 13.0. The van der Waals surface area contributed by atoms with Gasteiger partial charge in [-0.3, -0.25) is 0 Å². The highest BCUT2D eigenvalue weighted by Crippen LogP contribution is 2.11. The second-order valence-electron chi connectivity index (χ2n) is 4.12. The van der Waals surface area contributed by atoms with Gasteiger partial charge in [0.25, 0.3) is 0 Å². The Kier molecular flexibility index (Phi) is 3.91. The monoisotopic (exact) mass is 268 g/mol. The second-order valence-corrected chi connectivity index (χ2v) is 4.50. The molecule has 0 fully saturated rings. The summed E-state index contributed by atoms with van der Waals surface area (Å²) < 4.78 is 28.7. The molecule has 2 nitrogen and oxygen atoms in total. The van der Waals surface area contributed by atoms with Gasteiger partial charge in [0.15, 0.2) is 4.77 Å². The van der Waals surface area contributed by atoms with Crippen LogP contribution < -0.4 is 0 Å². The summed E-state index contributed by atoms with van der Waals surface area (Å²) in [6, 6.07) is 3.58. The van der Waals surface area contributed by atoms with Crippen LogP contribution in [0.25, 0.3) is 0 Å². The van der Waals surface area contributed by atoms with Crippen molar-refractivity contribution in [3.63, 3.8) is 0 Å². The van der Waals surface area contributed by atoms with E-state index in [4.69, 9.17) is 12.2 Å². The van der Waals surface area contributed by atoms with Crippen molar-refractivity contribution in [1.82, 2.24) is 9.55 Å². The van der Waals surface area contributed by atoms with Gasteiger partial charge in [-0.05, 0) is 42.8 Å². The van der Waals surface area contributed by atoms with E-state index in [9.17, 15) is 8.78 Å². The number of hydrogen-bond donors (Lipinski definition) is 1. The number of aromatic nitrogens is 2. The number of aryl methyl sites for hydroxylation is 2. The smallest absolute Gasteiger partial charge is 0.177 e. The number of H-pyrrole nitrogens is 1. The molecule has 0 aliphatic heterocycles. The highest BCUT2D eigenvalue weighted by Gasteiger charge is 2.04. The quantitative estimate of drug-likeness (QED) is 0.840. The van der Waals surface area contributed by atoms with Crippen LogP contribution in [0.1, 0.15) is 18.2 Å². The molecule has 0 amide bonds. The van der Waals surface area contributed by atoms with Crippen LogP contribution >= 0.6 is 12.2 Å². The SMILES string of the molecule is CCc1c[nH]c(=S)n1CCc1cc(F)cc(F)c1. The first-order chi connectivity index (χ1) is 8.60. The van der Waals surface area contributed by atoms with Crippen LogP contribution in [0.4, 0.5) is 8.78 Å². The van der Waals surface area contributed by atoms with Crippen molar-refractivity contribution in [3.8, 4) is 0 Å². The van der Waals surface area contributed by atoms with E-state index < -0.39 is 11.6 Å². The van der Waals surface area contributed by atoms with E-state index in [1.54, 1.807) is 0 Å². The summed E-state index contributed by atoms with van der Waals surface area (Å²) in [4.78, 5) is 2.98. The van der Waals surface area contributed by atoms with Crippen molar-refractivity contribution in [3.05, 3.63) is 52.1 Å². The molecule has 2 rings (SSSR count). The number of rotatable bonds is 4. The Morgan fingerprint density at radius 2 is 1.89 bits per heavy atom. The third-order valence-electron chi connectivity index (χ3n) is 2.86. The third-order valence-corrected chi connectivity index (χ3v) is 3.20. The van der Waals surface area contributed by atoms with E-state index in [-0.39, 0.29) is 0 Å². The minimum absolute atomic E-state index is 0.543. The second kappa shape index (κ2) is 5.44. The molecule has 0 bridgehead atoms. The lowest BCUT2D eigenvalue weighted by Crippen LogP contribution is -2.05. The Balaban J connectivity index is 2.16. The Hall–Kier alpha value is -1.49.